The van der Waals surface area contributed by atoms with Gasteiger partial charge in [-0.15, -0.1) is 24.0 Å². The van der Waals surface area contributed by atoms with Gasteiger partial charge < -0.3 is 15.4 Å². The molecule has 0 radical (unpaired) electrons. The van der Waals surface area contributed by atoms with Gasteiger partial charge in [0, 0.05) is 38.4 Å². The van der Waals surface area contributed by atoms with Crippen molar-refractivity contribution in [2.24, 2.45) is 12.0 Å². The van der Waals surface area contributed by atoms with E-state index in [2.05, 4.69) is 39.8 Å². The lowest BCUT2D eigenvalue weighted by atomic mass is 10.1. The van der Waals surface area contributed by atoms with Crippen LogP contribution in [0.15, 0.2) is 23.2 Å². The Morgan fingerprint density at radius 3 is 2.40 bits per heavy atom. The summed E-state index contributed by atoms with van der Waals surface area (Å²) < 4.78 is 7.20. The number of aromatic nitrogens is 2. The van der Waals surface area contributed by atoms with Crippen LogP contribution in [0.2, 0.25) is 0 Å². The number of hydrogen-bond donors (Lipinski definition) is 2. The predicted molar refractivity (Wildman–Crippen MR) is 113 cm³/mol. The Morgan fingerprint density at radius 2 is 1.88 bits per heavy atom. The van der Waals surface area contributed by atoms with Gasteiger partial charge in [0.2, 0.25) is 0 Å². The van der Waals surface area contributed by atoms with Crippen LogP contribution in [-0.2, 0) is 20.1 Å². The molecule has 0 saturated heterocycles. The molecule has 0 aliphatic rings. The van der Waals surface area contributed by atoms with Crippen LogP contribution in [0.1, 0.15) is 28.1 Å². The Labute approximate surface area is 167 Å². The van der Waals surface area contributed by atoms with Crippen LogP contribution < -0.4 is 15.4 Å². The van der Waals surface area contributed by atoms with Gasteiger partial charge in [-0.25, -0.2) is 0 Å². The van der Waals surface area contributed by atoms with E-state index in [-0.39, 0.29) is 24.0 Å². The number of methoxy groups -OCH3 is 1. The average molecular weight is 457 g/mol. The molecule has 2 rings (SSSR count). The highest BCUT2D eigenvalue weighted by Crippen LogP contribution is 2.18. The van der Waals surface area contributed by atoms with Crippen molar-refractivity contribution in [3.8, 4) is 5.75 Å². The molecule has 1 aromatic carbocycles. The van der Waals surface area contributed by atoms with Crippen LogP contribution in [0.5, 0.6) is 5.75 Å². The summed E-state index contributed by atoms with van der Waals surface area (Å²) in [5.74, 6) is 1.68. The lowest BCUT2D eigenvalue weighted by Crippen LogP contribution is -2.36. The first kappa shape index (κ1) is 21.3. The summed E-state index contributed by atoms with van der Waals surface area (Å²) in [5.41, 5.74) is 5.73. The van der Waals surface area contributed by atoms with E-state index < -0.39 is 0 Å². The van der Waals surface area contributed by atoms with Crippen molar-refractivity contribution in [1.29, 1.82) is 0 Å². The zero-order chi connectivity index (χ0) is 17.7. The Morgan fingerprint density at radius 1 is 1.20 bits per heavy atom. The van der Waals surface area contributed by atoms with E-state index in [9.17, 15) is 0 Å². The van der Waals surface area contributed by atoms with Crippen LogP contribution in [-0.4, -0.2) is 29.9 Å². The average Bonchev–Trinajstić information content (AvgIpc) is 2.80. The first-order valence-corrected chi connectivity index (χ1v) is 8.03. The molecule has 0 amide bonds. The maximum absolute atomic E-state index is 5.29. The summed E-state index contributed by atoms with van der Waals surface area (Å²) in [6.45, 7) is 7.55. The predicted octanol–water partition coefficient (Wildman–Crippen LogP) is 2.84. The van der Waals surface area contributed by atoms with Crippen molar-refractivity contribution in [3.05, 3.63) is 46.3 Å². The summed E-state index contributed by atoms with van der Waals surface area (Å²) in [6, 6.07) is 6.17. The Kier molecular flexibility index (Phi) is 8.21. The maximum Gasteiger partial charge on any atom is 0.191 e. The SMILES string of the molecule is CN=C(NCc1ccc(OC)c(C)c1)NCc1c(C)nn(C)c1C.I. The number of rotatable bonds is 5. The first-order chi connectivity index (χ1) is 11.5. The van der Waals surface area contributed by atoms with E-state index in [0.29, 0.717) is 13.1 Å². The fourth-order valence-corrected chi connectivity index (χ4v) is 2.70. The van der Waals surface area contributed by atoms with E-state index in [1.54, 1.807) is 14.2 Å². The van der Waals surface area contributed by atoms with Crippen molar-refractivity contribution in [2.75, 3.05) is 14.2 Å². The number of nitrogens with zero attached hydrogens (tertiary/aromatic N) is 3. The molecule has 0 atom stereocenters. The van der Waals surface area contributed by atoms with Gasteiger partial charge in [0.1, 0.15) is 5.75 Å². The summed E-state index contributed by atoms with van der Waals surface area (Å²) >= 11 is 0. The monoisotopic (exact) mass is 457 g/mol. The third-order valence-electron chi connectivity index (χ3n) is 4.23. The highest BCUT2D eigenvalue weighted by atomic mass is 127. The van der Waals surface area contributed by atoms with Gasteiger partial charge in [0.15, 0.2) is 5.96 Å². The molecule has 7 heteroatoms. The van der Waals surface area contributed by atoms with E-state index in [1.807, 2.05) is 31.6 Å². The third-order valence-corrected chi connectivity index (χ3v) is 4.23. The summed E-state index contributed by atoms with van der Waals surface area (Å²) in [7, 11) is 5.43. The molecule has 6 nitrogen and oxygen atoms in total. The Bertz CT molecular complexity index is 739. The fraction of sp³-hybridized carbons (Fsp3) is 0.444. The summed E-state index contributed by atoms with van der Waals surface area (Å²) in [4.78, 5) is 4.28. The van der Waals surface area contributed by atoms with Gasteiger partial charge >= 0.3 is 0 Å². The molecule has 0 saturated carbocycles. The second-order valence-electron chi connectivity index (χ2n) is 5.86. The zero-order valence-corrected chi connectivity index (χ0v) is 18.1. The molecule has 0 spiro atoms. The topological polar surface area (TPSA) is 63.5 Å². The van der Waals surface area contributed by atoms with E-state index in [4.69, 9.17) is 4.74 Å². The van der Waals surface area contributed by atoms with Crippen LogP contribution in [0.3, 0.4) is 0 Å². The minimum absolute atomic E-state index is 0. The van der Waals surface area contributed by atoms with Crippen molar-refractivity contribution < 1.29 is 4.74 Å². The van der Waals surface area contributed by atoms with Gasteiger partial charge in [0.25, 0.3) is 0 Å². The van der Waals surface area contributed by atoms with Gasteiger partial charge in [-0.3, -0.25) is 9.67 Å². The highest BCUT2D eigenvalue weighted by Gasteiger charge is 2.09. The molecule has 0 bridgehead atoms. The minimum atomic E-state index is 0. The molecule has 25 heavy (non-hydrogen) atoms. The molecule has 2 N–H and O–H groups in total. The highest BCUT2D eigenvalue weighted by molar-refractivity contribution is 14.0. The second-order valence-corrected chi connectivity index (χ2v) is 5.86. The van der Waals surface area contributed by atoms with Crippen LogP contribution in [0.25, 0.3) is 0 Å². The van der Waals surface area contributed by atoms with Crippen molar-refractivity contribution in [2.45, 2.75) is 33.9 Å². The maximum atomic E-state index is 5.29. The van der Waals surface area contributed by atoms with E-state index in [0.717, 1.165) is 23.0 Å². The van der Waals surface area contributed by atoms with Crippen LogP contribution in [0.4, 0.5) is 0 Å². The third kappa shape index (κ3) is 5.35. The van der Waals surface area contributed by atoms with Crippen molar-refractivity contribution in [1.82, 2.24) is 20.4 Å². The Balaban J connectivity index is 0.00000312. The van der Waals surface area contributed by atoms with Crippen LogP contribution in [0, 0.1) is 20.8 Å². The largest absolute Gasteiger partial charge is 0.496 e. The molecule has 0 unspecified atom stereocenters. The summed E-state index contributed by atoms with van der Waals surface area (Å²) in [6.07, 6.45) is 0. The molecule has 2 aromatic rings. The molecule has 1 heterocycles. The second kappa shape index (κ2) is 9.65. The summed E-state index contributed by atoms with van der Waals surface area (Å²) in [5, 5.41) is 11.1. The zero-order valence-electron chi connectivity index (χ0n) is 15.8. The van der Waals surface area contributed by atoms with Gasteiger partial charge in [-0.2, -0.15) is 5.10 Å². The number of halogens is 1. The normalized spacial score (nSPS) is 11.0. The number of ether oxygens (including phenoxy) is 1. The molecular weight excluding hydrogens is 429 g/mol. The molecular formula is C18H28IN5O. The number of benzene rings is 1. The first-order valence-electron chi connectivity index (χ1n) is 8.03. The fourth-order valence-electron chi connectivity index (χ4n) is 2.70. The number of nitrogens with one attached hydrogen (secondary N) is 2. The molecule has 1 aromatic heterocycles. The van der Waals surface area contributed by atoms with E-state index >= 15 is 0 Å². The Hall–Kier alpha value is -1.77. The van der Waals surface area contributed by atoms with Crippen molar-refractivity contribution in [3.63, 3.8) is 0 Å². The van der Waals surface area contributed by atoms with Gasteiger partial charge in [-0.1, -0.05) is 12.1 Å². The molecule has 0 fully saturated rings. The van der Waals surface area contributed by atoms with Gasteiger partial charge in [0.05, 0.1) is 12.8 Å². The number of hydrogen-bond acceptors (Lipinski definition) is 3. The number of guanidine groups is 1. The molecule has 0 aliphatic carbocycles. The number of aliphatic imine (C=N–C) groups is 1. The van der Waals surface area contributed by atoms with Crippen LogP contribution >= 0.6 is 24.0 Å². The number of aryl methyl sites for hydroxylation is 3. The van der Waals surface area contributed by atoms with Crippen molar-refractivity contribution >= 4 is 29.9 Å². The van der Waals surface area contributed by atoms with Gasteiger partial charge in [-0.05, 0) is 38.0 Å². The minimum Gasteiger partial charge on any atom is -0.496 e. The standard InChI is InChI=1S/C18H27N5O.HI/c1-12-9-15(7-8-17(12)24-6)10-20-18(19-4)21-11-16-13(2)22-23(5)14(16)3;/h7-9H,10-11H2,1-6H3,(H2,19,20,21);1H. The molecule has 0 aliphatic heterocycles. The lowest BCUT2D eigenvalue weighted by Gasteiger charge is -2.13. The van der Waals surface area contributed by atoms with E-state index in [1.165, 1.54) is 16.8 Å². The molecule has 138 valence electrons. The lowest BCUT2D eigenvalue weighted by molar-refractivity contribution is 0.411. The smallest absolute Gasteiger partial charge is 0.191 e. The quantitative estimate of drug-likeness (QED) is 0.412.